The summed E-state index contributed by atoms with van der Waals surface area (Å²) in [6.07, 6.45) is 2.69. The van der Waals surface area contributed by atoms with Gasteiger partial charge in [-0.05, 0) is 31.0 Å². The molecule has 0 spiro atoms. The lowest BCUT2D eigenvalue weighted by atomic mass is 10.1. The minimum Gasteiger partial charge on any atom is -0.324 e. The van der Waals surface area contributed by atoms with Gasteiger partial charge >= 0.3 is 0 Å². The van der Waals surface area contributed by atoms with Gasteiger partial charge in [-0.3, -0.25) is 0 Å². The van der Waals surface area contributed by atoms with Crippen LogP contribution in [0.25, 0.3) is 0 Å². The van der Waals surface area contributed by atoms with Crippen molar-refractivity contribution < 1.29 is 8.42 Å². The Hall–Kier alpha value is -1.28. The van der Waals surface area contributed by atoms with Gasteiger partial charge in [-0.25, -0.2) is 18.1 Å². The highest BCUT2D eigenvalue weighted by Crippen LogP contribution is 2.17. The zero-order chi connectivity index (χ0) is 15.5. The number of hydrogen-bond donors (Lipinski definition) is 2. The van der Waals surface area contributed by atoms with Crippen molar-refractivity contribution in [2.24, 2.45) is 5.73 Å². The summed E-state index contributed by atoms with van der Waals surface area (Å²) in [6.45, 7) is 4.07. The number of sulfonamides is 1. The predicted octanol–water partition coefficient (Wildman–Crippen LogP) is 2.20. The van der Waals surface area contributed by atoms with Crippen molar-refractivity contribution in [3.05, 3.63) is 45.9 Å². The van der Waals surface area contributed by atoms with Crippen LogP contribution in [0.15, 0.2) is 35.4 Å². The summed E-state index contributed by atoms with van der Waals surface area (Å²) < 4.78 is 27.1. The molecule has 3 N–H and O–H groups in total. The Bertz CT molecular complexity index is 709. The first-order valence-electron chi connectivity index (χ1n) is 6.71. The third kappa shape index (κ3) is 4.10. The van der Waals surface area contributed by atoms with Gasteiger partial charge in [0.1, 0.15) is 5.01 Å². The first kappa shape index (κ1) is 16.1. The summed E-state index contributed by atoms with van der Waals surface area (Å²) in [5.41, 5.74) is 6.58. The summed E-state index contributed by atoms with van der Waals surface area (Å²) in [5.74, 6) is 0. The molecule has 1 aromatic heterocycles. The fourth-order valence-corrected chi connectivity index (χ4v) is 3.73. The van der Waals surface area contributed by atoms with Crippen molar-refractivity contribution in [3.63, 3.8) is 0 Å². The van der Waals surface area contributed by atoms with Gasteiger partial charge in [-0.2, -0.15) is 0 Å². The Labute approximate surface area is 129 Å². The topological polar surface area (TPSA) is 85.1 Å². The summed E-state index contributed by atoms with van der Waals surface area (Å²) in [6, 6.07) is 6.48. The van der Waals surface area contributed by atoms with E-state index < -0.39 is 10.0 Å². The summed E-state index contributed by atoms with van der Waals surface area (Å²) in [4.78, 5) is 5.57. The maximum atomic E-state index is 12.3. The van der Waals surface area contributed by atoms with Gasteiger partial charge in [0, 0.05) is 17.1 Å². The van der Waals surface area contributed by atoms with E-state index in [1.807, 2.05) is 19.9 Å². The van der Waals surface area contributed by atoms with Crippen LogP contribution in [0.3, 0.4) is 0 Å². The SMILES string of the molecule is CCc1cnc(CNS(=O)(=O)c2cccc(C(C)N)c2)s1. The monoisotopic (exact) mass is 325 g/mol. The maximum Gasteiger partial charge on any atom is 0.240 e. The van der Waals surface area contributed by atoms with Gasteiger partial charge < -0.3 is 5.73 Å². The van der Waals surface area contributed by atoms with Crippen LogP contribution in [-0.2, 0) is 23.0 Å². The second-order valence-electron chi connectivity index (χ2n) is 4.76. The number of aromatic nitrogens is 1. The van der Waals surface area contributed by atoms with E-state index >= 15 is 0 Å². The molecule has 1 heterocycles. The Morgan fingerprint density at radius 2 is 2.19 bits per heavy atom. The van der Waals surface area contributed by atoms with Crippen molar-refractivity contribution in [3.8, 4) is 0 Å². The van der Waals surface area contributed by atoms with E-state index in [-0.39, 0.29) is 17.5 Å². The van der Waals surface area contributed by atoms with Gasteiger partial charge in [-0.15, -0.1) is 11.3 Å². The van der Waals surface area contributed by atoms with Crippen molar-refractivity contribution in [2.45, 2.75) is 37.8 Å². The van der Waals surface area contributed by atoms with Crippen LogP contribution in [-0.4, -0.2) is 13.4 Å². The number of thiazole rings is 1. The smallest absolute Gasteiger partial charge is 0.240 e. The lowest BCUT2D eigenvalue weighted by Gasteiger charge is -2.09. The highest BCUT2D eigenvalue weighted by atomic mass is 32.2. The Morgan fingerprint density at radius 3 is 2.81 bits per heavy atom. The molecule has 21 heavy (non-hydrogen) atoms. The average Bonchev–Trinajstić information content (AvgIpc) is 2.93. The van der Waals surface area contributed by atoms with E-state index in [2.05, 4.69) is 9.71 Å². The molecule has 0 bridgehead atoms. The van der Waals surface area contributed by atoms with Crippen LogP contribution in [0.1, 0.15) is 35.3 Å². The van der Waals surface area contributed by atoms with Crippen molar-refractivity contribution in [1.29, 1.82) is 0 Å². The number of nitrogens with two attached hydrogens (primary N) is 1. The quantitative estimate of drug-likeness (QED) is 0.852. The van der Waals surface area contributed by atoms with E-state index in [4.69, 9.17) is 5.73 Å². The molecule has 0 amide bonds. The molecule has 0 aliphatic heterocycles. The molecule has 0 radical (unpaired) electrons. The fourth-order valence-electron chi connectivity index (χ4n) is 1.80. The lowest BCUT2D eigenvalue weighted by molar-refractivity contribution is 0.581. The summed E-state index contributed by atoms with van der Waals surface area (Å²) in [5, 5.41) is 0.763. The first-order chi connectivity index (χ1) is 9.92. The number of nitrogens with zero attached hydrogens (tertiary/aromatic N) is 1. The van der Waals surface area contributed by atoms with Crippen LogP contribution in [0.2, 0.25) is 0 Å². The molecule has 1 atom stereocenters. The molecule has 0 fully saturated rings. The first-order valence-corrected chi connectivity index (χ1v) is 9.01. The molecule has 1 aromatic carbocycles. The van der Waals surface area contributed by atoms with E-state index in [0.29, 0.717) is 0 Å². The van der Waals surface area contributed by atoms with Crippen molar-refractivity contribution in [2.75, 3.05) is 0 Å². The molecule has 0 aliphatic rings. The van der Waals surface area contributed by atoms with Gasteiger partial charge in [-0.1, -0.05) is 19.1 Å². The summed E-state index contributed by atoms with van der Waals surface area (Å²) in [7, 11) is -3.55. The molecule has 0 saturated heterocycles. The molecule has 2 aromatic rings. The second-order valence-corrected chi connectivity index (χ2v) is 7.73. The highest BCUT2D eigenvalue weighted by Gasteiger charge is 2.15. The molecule has 5 nitrogen and oxygen atoms in total. The number of rotatable bonds is 6. The lowest BCUT2D eigenvalue weighted by Crippen LogP contribution is -2.23. The molecule has 7 heteroatoms. The number of benzene rings is 1. The standard InChI is InChI=1S/C14H19N3O2S2/c1-3-12-8-16-14(20-12)9-17-21(18,19)13-6-4-5-11(7-13)10(2)15/h4-8,10,17H,3,9,15H2,1-2H3. The van der Waals surface area contributed by atoms with Crippen LogP contribution in [0.4, 0.5) is 0 Å². The maximum absolute atomic E-state index is 12.3. The zero-order valence-electron chi connectivity index (χ0n) is 12.0. The minimum atomic E-state index is -3.55. The molecule has 114 valence electrons. The molecule has 0 saturated carbocycles. The Kier molecular flexibility index (Phi) is 5.10. The average molecular weight is 325 g/mol. The van der Waals surface area contributed by atoms with Gasteiger partial charge in [0.25, 0.3) is 0 Å². The van der Waals surface area contributed by atoms with Crippen LogP contribution in [0.5, 0.6) is 0 Å². The van der Waals surface area contributed by atoms with Gasteiger partial charge in [0.2, 0.25) is 10.0 Å². The number of aryl methyl sites for hydroxylation is 1. The number of hydrogen-bond acceptors (Lipinski definition) is 5. The fraction of sp³-hybridized carbons (Fsp3) is 0.357. The van der Waals surface area contributed by atoms with E-state index in [9.17, 15) is 8.42 Å². The summed E-state index contributed by atoms with van der Waals surface area (Å²) >= 11 is 1.52. The normalized spacial score (nSPS) is 13.3. The van der Waals surface area contributed by atoms with Crippen LogP contribution in [0, 0.1) is 0 Å². The molecule has 1 unspecified atom stereocenters. The molecular formula is C14H19N3O2S2. The number of nitrogens with one attached hydrogen (secondary N) is 1. The van der Waals surface area contributed by atoms with E-state index in [1.54, 1.807) is 24.4 Å². The zero-order valence-corrected chi connectivity index (χ0v) is 13.7. The third-order valence-electron chi connectivity index (χ3n) is 3.06. The predicted molar refractivity (Wildman–Crippen MR) is 84.6 cm³/mol. The molecular weight excluding hydrogens is 306 g/mol. The molecule has 0 aliphatic carbocycles. The van der Waals surface area contributed by atoms with Gasteiger partial charge in [0.15, 0.2) is 0 Å². The Balaban J connectivity index is 2.12. The van der Waals surface area contributed by atoms with Gasteiger partial charge in [0.05, 0.1) is 11.4 Å². The van der Waals surface area contributed by atoms with E-state index in [0.717, 1.165) is 21.9 Å². The van der Waals surface area contributed by atoms with Crippen LogP contribution >= 0.6 is 11.3 Å². The second kappa shape index (κ2) is 6.65. The largest absolute Gasteiger partial charge is 0.324 e. The third-order valence-corrected chi connectivity index (χ3v) is 5.60. The highest BCUT2D eigenvalue weighted by molar-refractivity contribution is 7.89. The Morgan fingerprint density at radius 1 is 1.43 bits per heavy atom. The molecule has 2 rings (SSSR count). The van der Waals surface area contributed by atoms with Crippen molar-refractivity contribution in [1.82, 2.24) is 9.71 Å². The minimum absolute atomic E-state index is 0.203. The van der Waals surface area contributed by atoms with Crippen LogP contribution < -0.4 is 10.5 Å². The van der Waals surface area contributed by atoms with Crippen molar-refractivity contribution >= 4 is 21.4 Å². The van der Waals surface area contributed by atoms with E-state index in [1.165, 1.54) is 11.3 Å².